The number of esters is 1. The number of hydrogen-bond acceptors (Lipinski definition) is 6. The van der Waals surface area contributed by atoms with E-state index in [1.807, 2.05) is 19.1 Å². The van der Waals surface area contributed by atoms with Crippen molar-refractivity contribution >= 4 is 11.8 Å². The van der Waals surface area contributed by atoms with E-state index in [-0.39, 0.29) is 17.6 Å². The lowest BCUT2D eigenvalue weighted by Gasteiger charge is -2.10. The van der Waals surface area contributed by atoms with Crippen LogP contribution < -0.4 is 10.5 Å². The molecule has 7 nitrogen and oxygen atoms in total. The van der Waals surface area contributed by atoms with Crippen LogP contribution in [0.4, 0.5) is 5.82 Å². The van der Waals surface area contributed by atoms with E-state index in [1.165, 1.54) is 4.68 Å². The Morgan fingerprint density at radius 2 is 2.10 bits per heavy atom. The molecule has 1 heterocycles. The highest BCUT2D eigenvalue weighted by Gasteiger charge is 2.21. The topological polar surface area (TPSA) is 92.3 Å². The van der Waals surface area contributed by atoms with Gasteiger partial charge in [-0.1, -0.05) is 17.3 Å². The molecule has 0 aliphatic carbocycles. The molecule has 0 unspecified atom stereocenters. The number of para-hydroxylation sites is 2. The monoisotopic (exact) mass is 290 g/mol. The first-order valence-corrected chi connectivity index (χ1v) is 6.69. The maximum absolute atomic E-state index is 11.9. The second-order valence-corrected chi connectivity index (χ2v) is 4.59. The van der Waals surface area contributed by atoms with Crippen LogP contribution in [0.15, 0.2) is 24.3 Å². The van der Waals surface area contributed by atoms with Crippen LogP contribution >= 0.6 is 0 Å². The first-order chi connectivity index (χ1) is 10.0. The summed E-state index contributed by atoms with van der Waals surface area (Å²) < 4.78 is 12.0. The van der Waals surface area contributed by atoms with Gasteiger partial charge < -0.3 is 15.2 Å². The van der Waals surface area contributed by atoms with Crippen molar-refractivity contribution in [3.05, 3.63) is 30.0 Å². The van der Waals surface area contributed by atoms with Crippen LogP contribution in [-0.2, 0) is 4.74 Å². The molecule has 0 atom stereocenters. The number of anilines is 1. The average molecular weight is 290 g/mol. The fourth-order valence-corrected chi connectivity index (χ4v) is 1.79. The Bertz CT molecular complexity index is 637. The van der Waals surface area contributed by atoms with Gasteiger partial charge in [0.15, 0.2) is 5.82 Å². The SMILES string of the molecule is CCOc1ccccc1-n1nnc(C(=O)OC(C)C)c1N. The van der Waals surface area contributed by atoms with Gasteiger partial charge in [-0.3, -0.25) is 0 Å². The number of nitrogens with zero attached hydrogens (tertiary/aromatic N) is 3. The van der Waals surface area contributed by atoms with Crippen LogP contribution in [-0.4, -0.2) is 33.7 Å². The Labute approximate surface area is 122 Å². The average Bonchev–Trinajstić information content (AvgIpc) is 2.81. The van der Waals surface area contributed by atoms with E-state index < -0.39 is 5.97 Å². The number of nitrogens with two attached hydrogens (primary N) is 1. The highest BCUT2D eigenvalue weighted by Crippen LogP contribution is 2.25. The van der Waals surface area contributed by atoms with Crippen LogP contribution in [0, 0.1) is 0 Å². The largest absolute Gasteiger partial charge is 0.492 e. The first kappa shape index (κ1) is 14.8. The molecule has 112 valence electrons. The number of carbonyl (C=O) groups excluding carboxylic acids is 1. The predicted molar refractivity (Wildman–Crippen MR) is 77.5 cm³/mol. The van der Waals surface area contributed by atoms with Gasteiger partial charge in [-0.25, -0.2) is 4.79 Å². The van der Waals surface area contributed by atoms with Crippen molar-refractivity contribution in [3.63, 3.8) is 0 Å². The van der Waals surface area contributed by atoms with Gasteiger partial charge in [0.05, 0.1) is 12.7 Å². The van der Waals surface area contributed by atoms with E-state index >= 15 is 0 Å². The quantitative estimate of drug-likeness (QED) is 0.844. The van der Waals surface area contributed by atoms with Gasteiger partial charge >= 0.3 is 5.97 Å². The van der Waals surface area contributed by atoms with Gasteiger partial charge in [0.1, 0.15) is 11.4 Å². The maximum Gasteiger partial charge on any atom is 0.363 e. The second-order valence-electron chi connectivity index (χ2n) is 4.59. The standard InChI is InChI=1S/C14H18N4O3/c1-4-20-11-8-6-5-7-10(11)18-13(15)12(16-17-18)14(19)21-9(2)3/h5-9H,4,15H2,1-3H3. The first-order valence-electron chi connectivity index (χ1n) is 6.69. The third-order valence-corrected chi connectivity index (χ3v) is 2.63. The van der Waals surface area contributed by atoms with E-state index in [1.54, 1.807) is 26.0 Å². The zero-order valence-electron chi connectivity index (χ0n) is 12.2. The summed E-state index contributed by atoms with van der Waals surface area (Å²) in [4.78, 5) is 11.9. The molecule has 0 aliphatic rings. The Morgan fingerprint density at radius 3 is 2.76 bits per heavy atom. The predicted octanol–water partition coefficient (Wildman–Crippen LogP) is 1.81. The van der Waals surface area contributed by atoms with Gasteiger partial charge in [0, 0.05) is 0 Å². The Balaban J connectivity index is 2.39. The van der Waals surface area contributed by atoms with Crippen LogP contribution in [0.5, 0.6) is 5.75 Å². The molecule has 0 radical (unpaired) electrons. The molecule has 0 amide bonds. The van der Waals surface area contributed by atoms with E-state index in [2.05, 4.69) is 10.3 Å². The van der Waals surface area contributed by atoms with Crippen molar-refractivity contribution in [2.45, 2.75) is 26.9 Å². The third kappa shape index (κ3) is 3.13. The van der Waals surface area contributed by atoms with E-state index in [9.17, 15) is 4.79 Å². The number of aromatic nitrogens is 3. The van der Waals surface area contributed by atoms with Crippen molar-refractivity contribution in [3.8, 4) is 11.4 Å². The second kappa shape index (κ2) is 6.25. The molecule has 2 aromatic rings. The molecule has 1 aromatic carbocycles. The smallest absolute Gasteiger partial charge is 0.363 e. The fraction of sp³-hybridized carbons (Fsp3) is 0.357. The lowest BCUT2D eigenvalue weighted by molar-refractivity contribution is 0.0372. The number of ether oxygens (including phenoxy) is 2. The molecular formula is C14H18N4O3. The minimum Gasteiger partial charge on any atom is -0.492 e. The summed E-state index contributed by atoms with van der Waals surface area (Å²) in [6.07, 6.45) is -0.252. The molecular weight excluding hydrogens is 272 g/mol. The van der Waals surface area contributed by atoms with E-state index in [4.69, 9.17) is 15.2 Å². The number of rotatable bonds is 5. The minimum absolute atomic E-state index is 0.00463. The molecule has 0 saturated carbocycles. The molecule has 0 saturated heterocycles. The summed E-state index contributed by atoms with van der Waals surface area (Å²) in [6.45, 7) is 5.90. The number of hydrogen-bond donors (Lipinski definition) is 1. The molecule has 0 fully saturated rings. The molecule has 0 bridgehead atoms. The minimum atomic E-state index is -0.595. The Morgan fingerprint density at radius 1 is 1.38 bits per heavy atom. The molecule has 2 rings (SSSR count). The number of nitrogen functional groups attached to an aromatic ring is 1. The lowest BCUT2D eigenvalue weighted by Crippen LogP contribution is -2.14. The van der Waals surface area contributed by atoms with Gasteiger partial charge in [-0.15, -0.1) is 5.10 Å². The summed E-state index contributed by atoms with van der Waals surface area (Å²) >= 11 is 0. The van der Waals surface area contributed by atoms with Crippen molar-refractivity contribution in [1.29, 1.82) is 0 Å². The summed E-state index contributed by atoms with van der Waals surface area (Å²) in [6, 6.07) is 7.25. The van der Waals surface area contributed by atoms with E-state index in [0.717, 1.165) is 0 Å². The Hall–Kier alpha value is -2.57. The zero-order valence-corrected chi connectivity index (χ0v) is 12.2. The zero-order chi connectivity index (χ0) is 15.4. The van der Waals surface area contributed by atoms with E-state index in [0.29, 0.717) is 18.0 Å². The highest BCUT2D eigenvalue weighted by atomic mass is 16.5. The molecule has 0 spiro atoms. The summed E-state index contributed by atoms with van der Waals surface area (Å²) in [5.74, 6) is 0.135. The van der Waals surface area contributed by atoms with Crippen LogP contribution in [0.3, 0.4) is 0 Å². The lowest BCUT2D eigenvalue weighted by atomic mass is 10.3. The van der Waals surface area contributed by atoms with Gasteiger partial charge in [0.25, 0.3) is 0 Å². The fourth-order valence-electron chi connectivity index (χ4n) is 1.79. The maximum atomic E-state index is 11.9. The molecule has 0 aliphatic heterocycles. The third-order valence-electron chi connectivity index (χ3n) is 2.63. The number of benzene rings is 1. The van der Waals surface area contributed by atoms with Crippen molar-refractivity contribution in [1.82, 2.24) is 15.0 Å². The normalized spacial score (nSPS) is 10.7. The van der Waals surface area contributed by atoms with Gasteiger partial charge in [-0.2, -0.15) is 4.68 Å². The van der Waals surface area contributed by atoms with Crippen molar-refractivity contribution in [2.24, 2.45) is 0 Å². The van der Waals surface area contributed by atoms with Crippen LogP contribution in [0.1, 0.15) is 31.3 Å². The van der Waals surface area contributed by atoms with Crippen LogP contribution in [0.25, 0.3) is 5.69 Å². The van der Waals surface area contributed by atoms with Crippen LogP contribution in [0.2, 0.25) is 0 Å². The molecule has 2 N–H and O–H groups in total. The molecule has 7 heteroatoms. The Kier molecular flexibility index (Phi) is 4.42. The summed E-state index contributed by atoms with van der Waals surface area (Å²) in [7, 11) is 0. The molecule has 1 aromatic heterocycles. The summed E-state index contributed by atoms with van der Waals surface area (Å²) in [5, 5.41) is 7.72. The number of carbonyl (C=O) groups is 1. The van der Waals surface area contributed by atoms with Crippen molar-refractivity contribution < 1.29 is 14.3 Å². The molecule has 21 heavy (non-hydrogen) atoms. The summed E-state index contributed by atoms with van der Waals surface area (Å²) in [5.41, 5.74) is 6.57. The van der Waals surface area contributed by atoms with Gasteiger partial charge in [-0.05, 0) is 32.9 Å². The highest BCUT2D eigenvalue weighted by molar-refractivity contribution is 5.92. The van der Waals surface area contributed by atoms with Crippen molar-refractivity contribution in [2.75, 3.05) is 12.3 Å². The van der Waals surface area contributed by atoms with Gasteiger partial charge in [0.2, 0.25) is 5.69 Å².